The predicted octanol–water partition coefficient (Wildman–Crippen LogP) is 1.81. The third-order valence-electron chi connectivity index (χ3n) is 4.24. The summed E-state index contributed by atoms with van der Waals surface area (Å²) in [5, 5.41) is 12.3. The van der Waals surface area contributed by atoms with Crippen molar-refractivity contribution in [3.05, 3.63) is 29.8 Å². The molecular weight excluding hydrogens is 280 g/mol. The van der Waals surface area contributed by atoms with Crippen LogP contribution in [0.25, 0.3) is 0 Å². The number of likely N-dealkylation sites (tertiary alicyclic amines) is 1. The summed E-state index contributed by atoms with van der Waals surface area (Å²) >= 11 is 0. The number of nitrogens with one attached hydrogen (secondary N) is 1. The zero-order valence-corrected chi connectivity index (χ0v) is 13.2. The van der Waals surface area contributed by atoms with E-state index >= 15 is 0 Å². The van der Waals surface area contributed by atoms with E-state index in [1.807, 2.05) is 12.1 Å². The van der Waals surface area contributed by atoms with Gasteiger partial charge < -0.3 is 15.3 Å². The van der Waals surface area contributed by atoms with Gasteiger partial charge in [-0.1, -0.05) is 19.1 Å². The molecule has 1 aliphatic rings. The topological polar surface area (TPSA) is 69.6 Å². The lowest BCUT2D eigenvalue weighted by Gasteiger charge is -2.33. The smallest absolute Gasteiger partial charge is 0.313 e. The van der Waals surface area contributed by atoms with Gasteiger partial charge in [-0.15, -0.1) is 0 Å². The summed E-state index contributed by atoms with van der Waals surface area (Å²) in [6.07, 6.45) is 2.18. The molecule has 2 amide bonds. The molecule has 22 heavy (non-hydrogen) atoms. The van der Waals surface area contributed by atoms with Crippen LogP contribution >= 0.6 is 0 Å². The van der Waals surface area contributed by atoms with Crippen LogP contribution in [0.1, 0.15) is 32.3 Å². The van der Waals surface area contributed by atoms with Gasteiger partial charge in [-0.25, -0.2) is 0 Å². The number of aryl methyl sites for hydroxylation is 1. The van der Waals surface area contributed by atoms with Gasteiger partial charge in [0.2, 0.25) is 0 Å². The molecule has 2 atom stereocenters. The number of amides is 2. The van der Waals surface area contributed by atoms with Crippen LogP contribution in [-0.4, -0.2) is 41.0 Å². The van der Waals surface area contributed by atoms with Gasteiger partial charge in [0.15, 0.2) is 0 Å². The summed E-state index contributed by atoms with van der Waals surface area (Å²) in [7, 11) is 0. The maximum Gasteiger partial charge on any atom is 0.313 e. The van der Waals surface area contributed by atoms with Gasteiger partial charge in [-0.05, 0) is 43.9 Å². The Bertz CT molecular complexity index is 525. The second-order valence-electron chi connectivity index (χ2n) is 5.90. The number of carbonyl (C=O) groups excluding carboxylic acids is 2. The van der Waals surface area contributed by atoms with E-state index in [1.165, 1.54) is 10.5 Å². The molecule has 0 aromatic heterocycles. The number of rotatable bonds is 3. The molecule has 0 bridgehead atoms. The molecule has 5 heteroatoms. The van der Waals surface area contributed by atoms with Gasteiger partial charge in [0.05, 0.1) is 6.10 Å². The van der Waals surface area contributed by atoms with E-state index in [-0.39, 0.29) is 5.92 Å². The van der Waals surface area contributed by atoms with Crippen LogP contribution in [0.4, 0.5) is 5.69 Å². The number of hydrogen-bond acceptors (Lipinski definition) is 3. The molecular formula is C17H24N2O3. The summed E-state index contributed by atoms with van der Waals surface area (Å²) in [6, 6.07) is 7.48. The maximum absolute atomic E-state index is 12.2. The average molecular weight is 304 g/mol. The van der Waals surface area contributed by atoms with E-state index in [2.05, 4.69) is 12.2 Å². The molecule has 1 aliphatic heterocycles. The van der Waals surface area contributed by atoms with Crippen molar-refractivity contribution in [3.63, 3.8) is 0 Å². The quantitative estimate of drug-likeness (QED) is 0.837. The Balaban J connectivity index is 1.94. The number of aliphatic hydroxyl groups excluding tert-OH is 1. The summed E-state index contributed by atoms with van der Waals surface area (Å²) in [5.74, 6) is -1.09. The largest absolute Gasteiger partial charge is 0.393 e. The van der Waals surface area contributed by atoms with Gasteiger partial charge >= 0.3 is 11.8 Å². The molecule has 2 unspecified atom stereocenters. The minimum absolute atomic E-state index is 0.0503. The molecule has 1 fully saturated rings. The zero-order valence-electron chi connectivity index (χ0n) is 13.2. The molecule has 1 heterocycles. The Morgan fingerprint density at radius 1 is 1.36 bits per heavy atom. The van der Waals surface area contributed by atoms with Crippen molar-refractivity contribution in [1.29, 1.82) is 0 Å². The molecule has 5 nitrogen and oxygen atoms in total. The van der Waals surface area contributed by atoms with Crippen LogP contribution in [0.3, 0.4) is 0 Å². The van der Waals surface area contributed by atoms with Gasteiger partial charge in [-0.3, -0.25) is 9.59 Å². The fourth-order valence-corrected chi connectivity index (χ4v) is 2.74. The van der Waals surface area contributed by atoms with E-state index in [0.29, 0.717) is 18.8 Å². The highest BCUT2D eigenvalue weighted by Gasteiger charge is 2.29. The van der Waals surface area contributed by atoms with Crippen LogP contribution in [0, 0.1) is 5.92 Å². The molecule has 2 N–H and O–H groups in total. The van der Waals surface area contributed by atoms with Gasteiger partial charge in [-0.2, -0.15) is 0 Å². The molecule has 0 spiro atoms. The van der Waals surface area contributed by atoms with Crippen LogP contribution in [-0.2, 0) is 16.0 Å². The third kappa shape index (κ3) is 4.07. The van der Waals surface area contributed by atoms with Crippen molar-refractivity contribution in [1.82, 2.24) is 4.90 Å². The van der Waals surface area contributed by atoms with Crippen molar-refractivity contribution >= 4 is 17.5 Å². The van der Waals surface area contributed by atoms with Crippen LogP contribution < -0.4 is 5.32 Å². The number of hydrogen-bond donors (Lipinski definition) is 2. The van der Waals surface area contributed by atoms with E-state index < -0.39 is 17.9 Å². The molecule has 0 saturated carbocycles. The average Bonchev–Trinajstić information content (AvgIpc) is 2.54. The molecule has 0 aliphatic carbocycles. The first-order valence-corrected chi connectivity index (χ1v) is 7.88. The standard InChI is InChI=1S/C17H24N2O3/c1-3-13-6-8-15(9-7-13)18-16(21)17(22)19-10-4-5-14(11-19)12(2)20/h6-9,12,14,20H,3-5,10-11H2,1-2H3,(H,18,21). The fourth-order valence-electron chi connectivity index (χ4n) is 2.74. The number of piperidine rings is 1. The first-order chi connectivity index (χ1) is 10.5. The first-order valence-electron chi connectivity index (χ1n) is 7.88. The van der Waals surface area contributed by atoms with E-state index in [0.717, 1.165) is 19.3 Å². The van der Waals surface area contributed by atoms with Crippen molar-refractivity contribution in [2.24, 2.45) is 5.92 Å². The van der Waals surface area contributed by atoms with Crippen LogP contribution in [0.15, 0.2) is 24.3 Å². The molecule has 1 saturated heterocycles. The van der Waals surface area contributed by atoms with Gasteiger partial charge in [0.25, 0.3) is 0 Å². The van der Waals surface area contributed by atoms with Crippen molar-refractivity contribution < 1.29 is 14.7 Å². The minimum atomic E-state index is -0.615. The lowest BCUT2D eigenvalue weighted by atomic mass is 9.93. The highest BCUT2D eigenvalue weighted by Crippen LogP contribution is 2.20. The highest BCUT2D eigenvalue weighted by atomic mass is 16.3. The van der Waals surface area contributed by atoms with E-state index in [1.54, 1.807) is 19.1 Å². The first kappa shape index (κ1) is 16.5. The second-order valence-corrected chi connectivity index (χ2v) is 5.90. The molecule has 1 aromatic carbocycles. The number of anilines is 1. The Labute approximate surface area is 131 Å². The minimum Gasteiger partial charge on any atom is -0.393 e. The Morgan fingerprint density at radius 3 is 2.64 bits per heavy atom. The van der Waals surface area contributed by atoms with Crippen LogP contribution in [0.2, 0.25) is 0 Å². The van der Waals surface area contributed by atoms with Crippen LogP contribution in [0.5, 0.6) is 0 Å². The van der Waals surface area contributed by atoms with Gasteiger partial charge in [0.1, 0.15) is 0 Å². The molecule has 0 radical (unpaired) electrons. The Hall–Kier alpha value is -1.88. The zero-order chi connectivity index (χ0) is 16.1. The van der Waals surface area contributed by atoms with E-state index in [9.17, 15) is 14.7 Å². The van der Waals surface area contributed by atoms with Crippen molar-refractivity contribution in [2.75, 3.05) is 18.4 Å². The molecule has 2 rings (SSSR count). The highest BCUT2D eigenvalue weighted by molar-refractivity contribution is 6.39. The normalized spacial score (nSPS) is 19.6. The summed E-state index contributed by atoms with van der Waals surface area (Å²) in [6.45, 7) is 4.81. The van der Waals surface area contributed by atoms with Gasteiger partial charge in [0, 0.05) is 24.7 Å². The van der Waals surface area contributed by atoms with Crippen molar-refractivity contribution in [3.8, 4) is 0 Å². The number of carbonyl (C=O) groups is 2. The van der Waals surface area contributed by atoms with Crippen molar-refractivity contribution in [2.45, 2.75) is 39.2 Å². The predicted molar refractivity (Wildman–Crippen MR) is 85.4 cm³/mol. The number of aliphatic hydroxyl groups is 1. The number of nitrogens with zero attached hydrogens (tertiary/aromatic N) is 1. The SMILES string of the molecule is CCc1ccc(NC(=O)C(=O)N2CCCC(C(C)O)C2)cc1. The second kappa shape index (κ2) is 7.40. The Morgan fingerprint density at radius 2 is 2.05 bits per heavy atom. The number of benzene rings is 1. The molecule has 1 aromatic rings. The fraction of sp³-hybridized carbons (Fsp3) is 0.529. The summed E-state index contributed by atoms with van der Waals surface area (Å²) < 4.78 is 0. The monoisotopic (exact) mass is 304 g/mol. The summed E-state index contributed by atoms with van der Waals surface area (Å²) in [5.41, 5.74) is 1.81. The lowest BCUT2D eigenvalue weighted by molar-refractivity contribution is -0.144. The maximum atomic E-state index is 12.2. The summed E-state index contributed by atoms with van der Waals surface area (Å²) in [4.78, 5) is 25.8. The lowest BCUT2D eigenvalue weighted by Crippen LogP contribution is -2.47. The Kier molecular flexibility index (Phi) is 5.55. The van der Waals surface area contributed by atoms with E-state index in [4.69, 9.17) is 0 Å². The molecule has 120 valence electrons. The third-order valence-corrected chi connectivity index (χ3v) is 4.24.